The monoisotopic (exact) mass is 341 g/mol. The van der Waals surface area contributed by atoms with Gasteiger partial charge in [0.25, 0.3) is 0 Å². The standard InChI is InChI=1S/C19H27N5O/c1-3-11-21-19(20-4-2)22-12-10-18(25)24-15-13-23(14-16-24)17-8-6-5-7-9-17/h1,5-9H,4,10-16H2,2H3,(H2,20,21,22). The summed E-state index contributed by atoms with van der Waals surface area (Å²) in [5, 5.41) is 6.13. The fraction of sp³-hybridized carbons (Fsp3) is 0.474. The van der Waals surface area contributed by atoms with Crippen molar-refractivity contribution in [2.24, 2.45) is 4.99 Å². The minimum atomic E-state index is 0.157. The normalized spacial score (nSPS) is 14.8. The van der Waals surface area contributed by atoms with Gasteiger partial charge in [0.2, 0.25) is 5.91 Å². The van der Waals surface area contributed by atoms with Gasteiger partial charge in [0.1, 0.15) is 0 Å². The van der Waals surface area contributed by atoms with Crippen LogP contribution in [0.4, 0.5) is 5.69 Å². The number of carbonyl (C=O) groups excluding carboxylic acids is 1. The minimum absolute atomic E-state index is 0.157. The van der Waals surface area contributed by atoms with Crippen LogP contribution in [0.5, 0.6) is 0 Å². The van der Waals surface area contributed by atoms with E-state index in [4.69, 9.17) is 6.42 Å². The second-order valence-electron chi connectivity index (χ2n) is 5.77. The third kappa shape index (κ3) is 6.03. The number of carbonyl (C=O) groups is 1. The van der Waals surface area contributed by atoms with E-state index in [0.29, 0.717) is 25.5 Å². The van der Waals surface area contributed by atoms with Crippen LogP contribution in [0.1, 0.15) is 13.3 Å². The molecular weight excluding hydrogens is 314 g/mol. The molecule has 1 fully saturated rings. The van der Waals surface area contributed by atoms with Crippen molar-refractivity contribution in [3.8, 4) is 12.3 Å². The average molecular weight is 341 g/mol. The molecule has 134 valence electrons. The Balaban J connectivity index is 1.75. The first-order valence-electron chi connectivity index (χ1n) is 8.78. The van der Waals surface area contributed by atoms with E-state index >= 15 is 0 Å². The van der Waals surface area contributed by atoms with Gasteiger partial charge in [-0.3, -0.25) is 9.79 Å². The van der Waals surface area contributed by atoms with Crippen molar-refractivity contribution in [3.05, 3.63) is 30.3 Å². The summed E-state index contributed by atoms with van der Waals surface area (Å²) in [7, 11) is 0. The molecule has 6 nitrogen and oxygen atoms in total. The van der Waals surface area contributed by atoms with Gasteiger partial charge in [-0.05, 0) is 19.1 Å². The Morgan fingerprint density at radius 2 is 1.92 bits per heavy atom. The van der Waals surface area contributed by atoms with E-state index in [1.165, 1.54) is 5.69 Å². The van der Waals surface area contributed by atoms with E-state index in [2.05, 4.69) is 38.6 Å². The van der Waals surface area contributed by atoms with E-state index in [9.17, 15) is 4.79 Å². The molecule has 1 amide bonds. The Labute approximate surface area is 150 Å². The topological polar surface area (TPSA) is 60.0 Å². The maximum Gasteiger partial charge on any atom is 0.224 e. The zero-order valence-corrected chi connectivity index (χ0v) is 14.9. The van der Waals surface area contributed by atoms with Crippen LogP contribution in [0.25, 0.3) is 0 Å². The molecule has 2 N–H and O–H groups in total. The molecule has 1 aliphatic rings. The van der Waals surface area contributed by atoms with Crippen molar-refractivity contribution in [2.45, 2.75) is 13.3 Å². The number of nitrogens with one attached hydrogen (secondary N) is 2. The SMILES string of the molecule is C#CCNC(=NCCC(=O)N1CCN(c2ccccc2)CC1)NCC. The highest BCUT2D eigenvalue weighted by Gasteiger charge is 2.20. The van der Waals surface area contributed by atoms with Gasteiger partial charge >= 0.3 is 0 Å². The van der Waals surface area contributed by atoms with Crippen LogP contribution in [0.3, 0.4) is 0 Å². The average Bonchev–Trinajstić information content (AvgIpc) is 2.67. The molecular formula is C19H27N5O. The minimum Gasteiger partial charge on any atom is -0.368 e. The number of guanidine groups is 1. The van der Waals surface area contributed by atoms with Gasteiger partial charge in [-0.1, -0.05) is 24.1 Å². The Morgan fingerprint density at radius 1 is 1.20 bits per heavy atom. The molecule has 0 saturated carbocycles. The van der Waals surface area contributed by atoms with Gasteiger partial charge in [-0.2, -0.15) is 0 Å². The van der Waals surface area contributed by atoms with Crippen molar-refractivity contribution < 1.29 is 4.79 Å². The van der Waals surface area contributed by atoms with Crippen LogP contribution in [0.15, 0.2) is 35.3 Å². The molecule has 0 unspecified atom stereocenters. The number of aliphatic imine (C=N–C) groups is 1. The number of para-hydroxylation sites is 1. The molecule has 1 heterocycles. The third-order valence-electron chi connectivity index (χ3n) is 4.05. The molecule has 1 aromatic rings. The molecule has 0 spiro atoms. The van der Waals surface area contributed by atoms with Crippen molar-refractivity contribution >= 4 is 17.6 Å². The van der Waals surface area contributed by atoms with Gasteiger partial charge in [0.05, 0.1) is 13.1 Å². The maximum atomic E-state index is 12.4. The van der Waals surface area contributed by atoms with Crippen LogP contribution in [-0.4, -0.2) is 62.6 Å². The maximum absolute atomic E-state index is 12.4. The molecule has 6 heteroatoms. The number of hydrogen-bond donors (Lipinski definition) is 2. The van der Waals surface area contributed by atoms with Crippen LogP contribution < -0.4 is 15.5 Å². The summed E-state index contributed by atoms with van der Waals surface area (Å²) >= 11 is 0. The molecule has 0 radical (unpaired) electrons. The third-order valence-corrected chi connectivity index (χ3v) is 4.05. The lowest BCUT2D eigenvalue weighted by Crippen LogP contribution is -2.49. The predicted molar refractivity (Wildman–Crippen MR) is 103 cm³/mol. The van der Waals surface area contributed by atoms with Gasteiger partial charge in [0.15, 0.2) is 5.96 Å². The zero-order valence-electron chi connectivity index (χ0n) is 14.9. The number of hydrogen-bond acceptors (Lipinski definition) is 3. The molecule has 0 bridgehead atoms. The summed E-state index contributed by atoms with van der Waals surface area (Å²) in [6.07, 6.45) is 5.66. The van der Waals surface area contributed by atoms with E-state index < -0.39 is 0 Å². The summed E-state index contributed by atoms with van der Waals surface area (Å²) in [6, 6.07) is 10.3. The fourth-order valence-electron chi connectivity index (χ4n) is 2.75. The van der Waals surface area contributed by atoms with Crippen LogP contribution in [0.2, 0.25) is 0 Å². The Bertz CT molecular complexity index is 600. The smallest absolute Gasteiger partial charge is 0.224 e. The Hall–Kier alpha value is -2.68. The van der Waals surface area contributed by atoms with Gasteiger partial charge in [-0.15, -0.1) is 6.42 Å². The van der Waals surface area contributed by atoms with Crippen molar-refractivity contribution in [2.75, 3.05) is 50.7 Å². The number of rotatable bonds is 6. The highest BCUT2D eigenvalue weighted by atomic mass is 16.2. The quantitative estimate of drug-likeness (QED) is 0.459. The summed E-state index contributed by atoms with van der Waals surface area (Å²) in [5.74, 6) is 3.32. The highest BCUT2D eigenvalue weighted by Crippen LogP contribution is 2.15. The molecule has 1 aliphatic heterocycles. The second-order valence-corrected chi connectivity index (χ2v) is 5.77. The van der Waals surface area contributed by atoms with Gasteiger partial charge < -0.3 is 20.4 Å². The highest BCUT2D eigenvalue weighted by molar-refractivity contribution is 5.81. The summed E-state index contributed by atoms with van der Waals surface area (Å²) in [6.45, 7) is 6.87. The lowest BCUT2D eigenvalue weighted by Gasteiger charge is -2.36. The molecule has 0 aliphatic carbocycles. The number of nitrogens with zero attached hydrogens (tertiary/aromatic N) is 3. The van der Waals surface area contributed by atoms with E-state index in [0.717, 1.165) is 32.7 Å². The number of terminal acetylenes is 1. The van der Waals surface area contributed by atoms with Crippen molar-refractivity contribution in [3.63, 3.8) is 0 Å². The number of anilines is 1. The number of piperazine rings is 1. The first-order valence-corrected chi connectivity index (χ1v) is 8.78. The lowest BCUT2D eigenvalue weighted by atomic mass is 10.2. The van der Waals surface area contributed by atoms with Crippen molar-refractivity contribution in [1.29, 1.82) is 0 Å². The van der Waals surface area contributed by atoms with Crippen molar-refractivity contribution in [1.82, 2.24) is 15.5 Å². The lowest BCUT2D eigenvalue weighted by molar-refractivity contribution is -0.131. The molecule has 25 heavy (non-hydrogen) atoms. The molecule has 1 aromatic carbocycles. The van der Waals surface area contributed by atoms with Crippen LogP contribution in [-0.2, 0) is 4.79 Å². The van der Waals surface area contributed by atoms with Gasteiger partial charge in [0, 0.05) is 44.8 Å². The molecule has 2 rings (SSSR count). The Kier molecular flexibility index (Phi) is 7.64. The van der Waals surface area contributed by atoms with E-state index in [-0.39, 0.29) is 5.91 Å². The van der Waals surface area contributed by atoms with E-state index in [1.54, 1.807) is 0 Å². The second kappa shape index (κ2) is 10.2. The number of amides is 1. The predicted octanol–water partition coefficient (Wildman–Crippen LogP) is 0.914. The van der Waals surface area contributed by atoms with Gasteiger partial charge in [-0.25, -0.2) is 0 Å². The van der Waals surface area contributed by atoms with Crippen LogP contribution in [0, 0.1) is 12.3 Å². The molecule has 1 saturated heterocycles. The first-order chi connectivity index (χ1) is 12.2. The largest absolute Gasteiger partial charge is 0.368 e. The molecule has 0 aromatic heterocycles. The van der Waals surface area contributed by atoms with E-state index in [1.807, 2.05) is 30.0 Å². The summed E-state index contributed by atoms with van der Waals surface area (Å²) in [4.78, 5) is 21.0. The zero-order chi connectivity index (χ0) is 17.9. The molecule has 0 atom stereocenters. The fourth-order valence-corrected chi connectivity index (χ4v) is 2.75. The Morgan fingerprint density at radius 3 is 2.56 bits per heavy atom. The number of benzene rings is 1. The van der Waals surface area contributed by atoms with Crippen LogP contribution >= 0.6 is 0 Å². The summed E-state index contributed by atoms with van der Waals surface area (Å²) in [5.41, 5.74) is 1.22. The summed E-state index contributed by atoms with van der Waals surface area (Å²) < 4.78 is 0. The first kappa shape index (κ1) is 18.7.